The Morgan fingerprint density at radius 3 is 2.59 bits per heavy atom. The SMILES string of the molecule is COc1cccc(SCC(=O)Nc2c(C)nn(-c3ccc(C)cc3)c2C)c1. The van der Waals surface area contributed by atoms with Crippen molar-refractivity contribution in [3.05, 3.63) is 65.5 Å². The predicted molar refractivity (Wildman–Crippen MR) is 110 cm³/mol. The minimum atomic E-state index is -0.0579. The van der Waals surface area contributed by atoms with Crippen molar-refractivity contribution < 1.29 is 9.53 Å². The van der Waals surface area contributed by atoms with Crippen LogP contribution in [0.25, 0.3) is 5.69 Å². The maximum Gasteiger partial charge on any atom is 0.234 e. The van der Waals surface area contributed by atoms with Crippen LogP contribution in [0.5, 0.6) is 5.75 Å². The molecule has 1 N–H and O–H groups in total. The summed E-state index contributed by atoms with van der Waals surface area (Å²) in [5.74, 6) is 1.05. The van der Waals surface area contributed by atoms with Crippen molar-refractivity contribution in [3.8, 4) is 11.4 Å². The number of anilines is 1. The highest BCUT2D eigenvalue weighted by molar-refractivity contribution is 8.00. The molecule has 2 aromatic carbocycles. The molecule has 1 amide bonds. The molecule has 0 aliphatic heterocycles. The summed E-state index contributed by atoms with van der Waals surface area (Å²) < 4.78 is 7.08. The number of aryl methyl sites for hydroxylation is 2. The summed E-state index contributed by atoms with van der Waals surface area (Å²) in [6.45, 7) is 5.92. The Labute approximate surface area is 163 Å². The van der Waals surface area contributed by atoms with Gasteiger partial charge in [-0.05, 0) is 51.1 Å². The molecule has 1 heterocycles. The third-order valence-electron chi connectivity index (χ3n) is 4.25. The van der Waals surface area contributed by atoms with Crippen molar-refractivity contribution in [2.24, 2.45) is 0 Å². The van der Waals surface area contributed by atoms with Crippen LogP contribution in [0.2, 0.25) is 0 Å². The zero-order valence-electron chi connectivity index (χ0n) is 15.9. The monoisotopic (exact) mass is 381 g/mol. The second-order valence-electron chi connectivity index (χ2n) is 6.31. The molecule has 3 aromatic rings. The summed E-state index contributed by atoms with van der Waals surface area (Å²) in [6, 6.07) is 15.8. The van der Waals surface area contributed by atoms with Crippen LogP contribution in [0.15, 0.2) is 53.4 Å². The first-order valence-corrected chi connectivity index (χ1v) is 9.66. The highest BCUT2D eigenvalue weighted by Gasteiger charge is 2.15. The molecule has 5 nitrogen and oxygen atoms in total. The summed E-state index contributed by atoms with van der Waals surface area (Å²) in [7, 11) is 1.63. The smallest absolute Gasteiger partial charge is 0.234 e. The van der Waals surface area contributed by atoms with E-state index in [0.717, 1.165) is 33.4 Å². The number of benzene rings is 2. The summed E-state index contributed by atoms with van der Waals surface area (Å²) >= 11 is 1.47. The van der Waals surface area contributed by atoms with Gasteiger partial charge in [0.1, 0.15) is 5.75 Å². The molecule has 6 heteroatoms. The van der Waals surface area contributed by atoms with Crippen molar-refractivity contribution in [3.63, 3.8) is 0 Å². The van der Waals surface area contributed by atoms with Gasteiger partial charge in [0.15, 0.2) is 0 Å². The lowest BCUT2D eigenvalue weighted by atomic mass is 10.2. The highest BCUT2D eigenvalue weighted by Crippen LogP contribution is 2.25. The lowest BCUT2D eigenvalue weighted by molar-refractivity contribution is -0.113. The topological polar surface area (TPSA) is 56.1 Å². The Hall–Kier alpha value is -2.73. The van der Waals surface area contributed by atoms with E-state index in [1.165, 1.54) is 17.3 Å². The van der Waals surface area contributed by atoms with E-state index in [2.05, 4.69) is 29.5 Å². The molecule has 0 unspecified atom stereocenters. The van der Waals surface area contributed by atoms with E-state index in [-0.39, 0.29) is 5.91 Å². The number of nitrogens with zero attached hydrogens (tertiary/aromatic N) is 2. The molecular formula is C21H23N3O2S. The van der Waals surface area contributed by atoms with Gasteiger partial charge in [0.05, 0.1) is 35.6 Å². The molecule has 0 radical (unpaired) electrons. The fraction of sp³-hybridized carbons (Fsp3) is 0.238. The molecule has 0 saturated carbocycles. The number of ether oxygens (including phenoxy) is 1. The second-order valence-corrected chi connectivity index (χ2v) is 7.36. The number of thioether (sulfide) groups is 1. The average Bonchev–Trinajstić information content (AvgIpc) is 2.95. The summed E-state index contributed by atoms with van der Waals surface area (Å²) in [5, 5.41) is 7.59. The van der Waals surface area contributed by atoms with Gasteiger partial charge in [-0.2, -0.15) is 5.10 Å². The Balaban J connectivity index is 1.69. The van der Waals surface area contributed by atoms with Crippen LogP contribution < -0.4 is 10.1 Å². The molecule has 1 aromatic heterocycles. The van der Waals surface area contributed by atoms with E-state index >= 15 is 0 Å². The van der Waals surface area contributed by atoms with Gasteiger partial charge in [-0.25, -0.2) is 4.68 Å². The molecule has 0 bridgehead atoms. The van der Waals surface area contributed by atoms with Gasteiger partial charge >= 0.3 is 0 Å². The minimum Gasteiger partial charge on any atom is -0.497 e. The number of carbonyl (C=O) groups is 1. The third kappa shape index (κ3) is 4.52. The molecule has 0 aliphatic carbocycles. The van der Waals surface area contributed by atoms with Crippen LogP contribution in [-0.4, -0.2) is 28.6 Å². The van der Waals surface area contributed by atoms with Crippen molar-refractivity contribution in [2.45, 2.75) is 25.7 Å². The van der Waals surface area contributed by atoms with Crippen LogP contribution in [0, 0.1) is 20.8 Å². The van der Waals surface area contributed by atoms with Gasteiger partial charge in [-0.1, -0.05) is 23.8 Å². The van der Waals surface area contributed by atoms with E-state index in [4.69, 9.17) is 4.74 Å². The molecule has 0 fully saturated rings. The van der Waals surface area contributed by atoms with Crippen LogP contribution in [0.4, 0.5) is 5.69 Å². The molecule has 27 heavy (non-hydrogen) atoms. The Bertz CT molecular complexity index is 949. The Morgan fingerprint density at radius 2 is 1.89 bits per heavy atom. The molecular weight excluding hydrogens is 358 g/mol. The summed E-state index contributed by atoms with van der Waals surface area (Å²) in [5.41, 5.74) is 4.66. The van der Waals surface area contributed by atoms with Crippen molar-refractivity contribution in [1.29, 1.82) is 0 Å². The van der Waals surface area contributed by atoms with E-state index in [9.17, 15) is 4.79 Å². The van der Waals surface area contributed by atoms with Crippen LogP contribution in [0.3, 0.4) is 0 Å². The van der Waals surface area contributed by atoms with E-state index in [1.54, 1.807) is 7.11 Å². The number of aromatic nitrogens is 2. The zero-order valence-corrected chi connectivity index (χ0v) is 16.8. The largest absolute Gasteiger partial charge is 0.497 e. The normalized spacial score (nSPS) is 10.7. The maximum absolute atomic E-state index is 12.4. The first-order chi connectivity index (χ1) is 13.0. The Kier molecular flexibility index (Phi) is 5.86. The van der Waals surface area contributed by atoms with Crippen molar-refractivity contribution >= 4 is 23.4 Å². The number of carbonyl (C=O) groups excluding carboxylic acids is 1. The summed E-state index contributed by atoms with van der Waals surface area (Å²) in [4.78, 5) is 13.4. The van der Waals surface area contributed by atoms with Crippen LogP contribution in [0.1, 0.15) is 17.0 Å². The van der Waals surface area contributed by atoms with Gasteiger partial charge in [-0.15, -0.1) is 11.8 Å². The van der Waals surface area contributed by atoms with Crippen molar-refractivity contribution in [2.75, 3.05) is 18.2 Å². The standard InChI is InChI=1S/C21H23N3O2S/c1-14-8-10-17(11-9-14)24-16(3)21(15(2)23-24)22-20(25)13-27-19-7-5-6-18(12-19)26-4/h5-12H,13H2,1-4H3,(H,22,25). The lowest BCUT2D eigenvalue weighted by Crippen LogP contribution is -2.15. The van der Waals surface area contributed by atoms with E-state index in [1.807, 2.05) is 54.9 Å². The number of amides is 1. The molecule has 0 saturated heterocycles. The van der Waals surface area contributed by atoms with Gasteiger partial charge in [0, 0.05) is 4.90 Å². The first-order valence-electron chi connectivity index (χ1n) is 8.68. The number of hydrogen-bond donors (Lipinski definition) is 1. The molecule has 0 spiro atoms. The molecule has 0 atom stereocenters. The first kappa shape index (κ1) is 19.0. The fourth-order valence-corrected chi connectivity index (χ4v) is 3.52. The van der Waals surface area contributed by atoms with E-state index < -0.39 is 0 Å². The third-order valence-corrected chi connectivity index (χ3v) is 5.24. The lowest BCUT2D eigenvalue weighted by Gasteiger charge is -2.08. The van der Waals surface area contributed by atoms with E-state index in [0.29, 0.717) is 5.75 Å². The Morgan fingerprint density at radius 1 is 1.15 bits per heavy atom. The molecule has 140 valence electrons. The van der Waals surface area contributed by atoms with Gasteiger partial charge in [-0.3, -0.25) is 4.79 Å². The van der Waals surface area contributed by atoms with Crippen molar-refractivity contribution in [1.82, 2.24) is 9.78 Å². The van der Waals surface area contributed by atoms with Gasteiger partial charge < -0.3 is 10.1 Å². The number of methoxy groups -OCH3 is 1. The zero-order chi connectivity index (χ0) is 19.4. The second kappa shape index (κ2) is 8.31. The van der Waals surface area contributed by atoms with Gasteiger partial charge in [0.25, 0.3) is 0 Å². The number of nitrogens with one attached hydrogen (secondary N) is 1. The predicted octanol–water partition coefficient (Wildman–Crippen LogP) is 4.54. The molecule has 0 aliphatic rings. The van der Waals surface area contributed by atoms with Gasteiger partial charge in [0.2, 0.25) is 5.91 Å². The fourth-order valence-electron chi connectivity index (χ4n) is 2.78. The number of hydrogen-bond acceptors (Lipinski definition) is 4. The quantitative estimate of drug-likeness (QED) is 0.637. The van der Waals surface area contributed by atoms with Crippen LogP contribution >= 0.6 is 11.8 Å². The highest BCUT2D eigenvalue weighted by atomic mass is 32.2. The average molecular weight is 382 g/mol. The van der Waals surface area contributed by atoms with Crippen LogP contribution in [-0.2, 0) is 4.79 Å². The summed E-state index contributed by atoms with van der Waals surface area (Å²) in [6.07, 6.45) is 0. The minimum absolute atomic E-state index is 0.0579. The number of rotatable bonds is 6. The molecule has 3 rings (SSSR count). The maximum atomic E-state index is 12.4.